The number of aromatic amines is 1. The van der Waals surface area contributed by atoms with Crippen LogP contribution in [0.25, 0.3) is 11.3 Å². The van der Waals surface area contributed by atoms with Crippen LogP contribution in [0.4, 0.5) is 5.69 Å². The van der Waals surface area contributed by atoms with Crippen molar-refractivity contribution in [3.05, 3.63) is 89.4 Å². The van der Waals surface area contributed by atoms with Gasteiger partial charge in [0.2, 0.25) is 0 Å². The lowest BCUT2D eigenvalue weighted by molar-refractivity contribution is 0.102. The summed E-state index contributed by atoms with van der Waals surface area (Å²) in [7, 11) is 0. The second-order valence-electron chi connectivity index (χ2n) is 6.84. The molecule has 0 atom stereocenters. The molecule has 6 nitrogen and oxygen atoms in total. The van der Waals surface area contributed by atoms with E-state index in [4.69, 9.17) is 0 Å². The third-order valence-electron chi connectivity index (χ3n) is 4.65. The number of aromatic nitrogens is 4. The van der Waals surface area contributed by atoms with Crippen LogP contribution >= 0.6 is 0 Å². The van der Waals surface area contributed by atoms with Crippen LogP contribution in [0.2, 0.25) is 0 Å². The topological polar surface area (TPSA) is 75.6 Å². The smallest absolute Gasteiger partial charge is 0.273 e. The molecular weight excluding hydrogens is 350 g/mol. The summed E-state index contributed by atoms with van der Waals surface area (Å²) in [6.45, 7) is 4.77. The molecular formula is C22H21N5O. The highest BCUT2D eigenvalue weighted by Gasteiger charge is 2.12. The van der Waals surface area contributed by atoms with Gasteiger partial charge in [0.1, 0.15) is 5.69 Å². The minimum atomic E-state index is -0.249. The Labute approximate surface area is 163 Å². The molecule has 2 aromatic heterocycles. The van der Waals surface area contributed by atoms with Gasteiger partial charge in [-0.05, 0) is 31.0 Å². The van der Waals surface area contributed by atoms with Gasteiger partial charge in [-0.15, -0.1) is 0 Å². The first-order chi connectivity index (χ1) is 13.6. The minimum absolute atomic E-state index is 0.249. The summed E-state index contributed by atoms with van der Waals surface area (Å²) in [5.74, 6) is -0.249. The molecule has 0 saturated heterocycles. The standard InChI is InChI=1S/C22H21N5O/c1-15-7-9-17(10-8-15)20-11-21(26-25-20)22(28)24-19-12-23-27(14-19)13-18-6-4-3-5-16(18)2/h3-12,14H,13H2,1-2H3,(H,24,28)(H,25,26). The van der Waals surface area contributed by atoms with Crippen LogP contribution in [-0.4, -0.2) is 25.9 Å². The Balaban J connectivity index is 1.44. The molecule has 0 aliphatic heterocycles. The Hall–Kier alpha value is -3.67. The second-order valence-corrected chi connectivity index (χ2v) is 6.84. The van der Waals surface area contributed by atoms with Gasteiger partial charge >= 0.3 is 0 Å². The van der Waals surface area contributed by atoms with Crippen molar-refractivity contribution in [1.29, 1.82) is 0 Å². The predicted octanol–water partition coefficient (Wildman–Crippen LogP) is 4.19. The van der Waals surface area contributed by atoms with Gasteiger partial charge in [0, 0.05) is 11.8 Å². The maximum Gasteiger partial charge on any atom is 0.273 e. The van der Waals surface area contributed by atoms with Crippen LogP contribution < -0.4 is 5.32 Å². The van der Waals surface area contributed by atoms with Crippen molar-refractivity contribution < 1.29 is 4.79 Å². The highest BCUT2D eigenvalue weighted by atomic mass is 16.1. The number of anilines is 1. The number of aryl methyl sites for hydroxylation is 2. The molecule has 0 saturated carbocycles. The van der Waals surface area contributed by atoms with Crippen LogP contribution in [0.15, 0.2) is 67.0 Å². The zero-order chi connectivity index (χ0) is 19.5. The van der Waals surface area contributed by atoms with E-state index in [1.807, 2.05) is 54.2 Å². The van der Waals surface area contributed by atoms with Gasteiger partial charge in [-0.2, -0.15) is 10.2 Å². The van der Waals surface area contributed by atoms with E-state index in [1.165, 1.54) is 16.7 Å². The van der Waals surface area contributed by atoms with Crippen molar-refractivity contribution in [2.24, 2.45) is 0 Å². The lowest BCUT2D eigenvalue weighted by Crippen LogP contribution is -2.11. The third-order valence-corrected chi connectivity index (χ3v) is 4.65. The molecule has 0 aliphatic carbocycles. The quantitative estimate of drug-likeness (QED) is 0.552. The number of benzene rings is 2. The van der Waals surface area contributed by atoms with Crippen LogP contribution in [0, 0.1) is 13.8 Å². The number of nitrogens with zero attached hydrogens (tertiary/aromatic N) is 3. The molecule has 2 heterocycles. The van der Waals surface area contributed by atoms with Crippen LogP contribution in [0.5, 0.6) is 0 Å². The molecule has 28 heavy (non-hydrogen) atoms. The molecule has 0 aliphatic rings. The van der Waals surface area contributed by atoms with Crippen molar-refractivity contribution in [1.82, 2.24) is 20.0 Å². The average molecular weight is 371 g/mol. The lowest BCUT2D eigenvalue weighted by Gasteiger charge is -2.05. The first kappa shape index (κ1) is 17.7. The van der Waals surface area contributed by atoms with Gasteiger partial charge in [-0.3, -0.25) is 14.6 Å². The molecule has 4 aromatic rings. The molecule has 0 spiro atoms. The van der Waals surface area contributed by atoms with Gasteiger partial charge in [0.15, 0.2) is 0 Å². The zero-order valence-electron chi connectivity index (χ0n) is 15.8. The van der Waals surface area contributed by atoms with Crippen LogP contribution in [-0.2, 0) is 6.54 Å². The fourth-order valence-electron chi connectivity index (χ4n) is 2.99. The Morgan fingerprint density at radius 3 is 2.68 bits per heavy atom. The highest BCUT2D eigenvalue weighted by molar-refractivity contribution is 6.03. The molecule has 0 unspecified atom stereocenters. The Kier molecular flexibility index (Phi) is 4.76. The Morgan fingerprint density at radius 2 is 1.89 bits per heavy atom. The maximum atomic E-state index is 12.5. The van der Waals surface area contributed by atoms with Gasteiger partial charge in [0.25, 0.3) is 5.91 Å². The number of hydrogen-bond donors (Lipinski definition) is 2. The number of amides is 1. The molecule has 6 heteroatoms. The van der Waals surface area contributed by atoms with Gasteiger partial charge < -0.3 is 5.32 Å². The summed E-state index contributed by atoms with van der Waals surface area (Å²) in [5, 5.41) is 14.2. The van der Waals surface area contributed by atoms with Crippen molar-refractivity contribution in [3.8, 4) is 11.3 Å². The summed E-state index contributed by atoms with van der Waals surface area (Å²) in [4.78, 5) is 12.5. The maximum absolute atomic E-state index is 12.5. The number of carbonyl (C=O) groups is 1. The summed E-state index contributed by atoms with van der Waals surface area (Å²) >= 11 is 0. The number of carbonyl (C=O) groups excluding carboxylic acids is 1. The van der Waals surface area contributed by atoms with E-state index in [9.17, 15) is 4.79 Å². The fourth-order valence-corrected chi connectivity index (χ4v) is 2.99. The van der Waals surface area contributed by atoms with E-state index in [0.29, 0.717) is 17.9 Å². The van der Waals surface area contributed by atoms with E-state index in [-0.39, 0.29) is 5.91 Å². The number of H-pyrrole nitrogens is 1. The molecule has 0 fully saturated rings. The minimum Gasteiger partial charge on any atom is -0.318 e. The molecule has 0 bridgehead atoms. The van der Waals surface area contributed by atoms with Gasteiger partial charge in [-0.25, -0.2) is 0 Å². The first-order valence-corrected chi connectivity index (χ1v) is 9.09. The van der Waals surface area contributed by atoms with Gasteiger partial charge in [-0.1, -0.05) is 54.1 Å². The van der Waals surface area contributed by atoms with E-state index in [1.54, 1.807) is 12.3 Å². The largest absolute Gasteiger partial charge is 0.318 e. The SMILES string of the molecule is Cc1ccc(-c2cc(C(=O)Nc3cnn(Cc4ccccc4C)c3)[nH]n2)cc1. The van der Waals surface area contributed by atoms with E-state index < -0.39 is 0 Å². The fraction of sp³-hybridized carbons (Fsp3) is 0.136. The Morgan fingerprint density at radius 1 is 1.11 bits per heavy atom. The normalized spacial score (nSPS) is 10.8. The summed E-state index contributed by atoms with van der Waals surface area (Å²) in [6.07, 6.45) is 3.47. The monoisotopic (exact) mass is 371 g/mol. The molecule has 2 N–H and O–H groups in total. The average Bonchev–Trinajstić information content (AvgIpc) is 3.34. The summed E-state index contributed by atoms with van der Waals surface area (Å²) in [5.41, 5.74) is 6.34. The van der Waals surface area contributed by atoms with Crippen molar-refractivity contribution >= 4 is 11.6 Å². The van der Waals surface area contributed by atoms with Crippen molar-refractivity contribution in [2.45, 2.75) is 20.4 Å². The molecule has 2 aromatic carbocycles. The van der Waals surface area contributed by atoms with Crippen LogP contribution in [0.1, 0.15) is 27.2 Å². The van der Waals surface area contributed by atoms with Crippen molar-refractivity contribution in [2.75, 3.05) is 5.32 Å². The number of rotatable bonds is 5. The van der Waals surface area contributed by atoms with Gasteiger partial charge in [0.05, 0.1) is 24.1 Å². The summed E-state index contributed by atoms with van der Waals surface area (Å²) in [6, 6.07) is 17.9. The van der Waals surface area contributed by atoms with E-state index >= 15 is 0 Å². The first-order valence-electron chi connectivity index (χ1n) is 9.09. The second kappa shape index (κ2) is 7.52. The molecule has 0 radical (unpaired) electrons. The summed E-state index contributed by atoms with van der Waals surface area (Å²) < 4.78 is 1.81. The van der Waals surface area contributed by atoms with E-state index in [0.717, 1.165) is 11.3 Å². The van der Waals surface area contributed by atoms with Crippen LogP contribution in [0.3, 0.4) is 0 Å². The lowest BCUT2D eigenvalue weighted by atomic mass is 10.1. The highest BCUT2D eigenvalue weighted by Crippen LogP contribution is 2.19. The molecule has 140 valence electrons. The number of hydrogen-bond acceptors (Lipinski definition) is 3. The van der Waals surface area contributed by atoms with E-state index in [2.05, 4.69) is 39.7 Å². The predicted molar refractivity (Wildman–Crippen MR) is 109 cm³/mol. The Bertz CT molecular complexity index is 1110. The van der Waals surface area contributed by atoms with Crippen molar-refractivity contribution in [3.63, 3.8) is 0 Å². The number of nitrogens with one attached hydrogen (secondary N) is 2. The molecule has 4 rings (SSSR count). The third kappa shape index (κ3) is 3.86. The zero-order valence-corrected chi connectivity index (χ0v) is 15.8. The molecule has 1 amide bonds.